The minimum absolute atomic E-state index is 0.0622. The molecule has 2 aliphatic heterocycles. The standard InChI is InChI=1S/C17H19NO3S/c1-3-21-15(19)10-12-16(20)17-13(18(12)2)9-14(22-17)11-7-5-4-6-8-11/h4-9,12-13,17H,3,10H2,1-2H3. The molecule has 5 heteroatoms. The summed E-state index contributed by atoms with van der Waals surface area (Å²) in [6, 6.07) is 9.79. The zero-order valence-electron chi connectivity index (χ0n) is 12.7. The molecule has 0 saturated carbocycles. The van der Waals surface area contributed by atoms with Crippen LogP contribution >= 0.6 is 11.8 Å². The summed E-state index contributed by atoms with van der Waals surface area (Å²) in [5.74, 6) is -0.169. The van der Waals surface area contributed by atoms with E-state index in [1.807, 2.05) is 30.1 Å². The molecule has 2 heterocycles. The van der Waals surface area contributed by atoms with Crippen LogP contribution in [-0.2, 0) is 14.3 Å². The zero-order valence-corrected chi connectivity index (χ0v) is 13.5. The quantitative estimate of drug-likeness (QED) is 0.798. The molecular weight excluding hydrogens is 298 g/mol. The van der Waals surface area contributed by atoms with E-state index in [0.717, 1.165) is 10.5 Å². The number of ketones is 1. The third-order valence-corrected chi connectivity index (χ3v) is 5.57. The molecule has 4 nitrogen and oxygen atoms in total. The van der Waals surface area contributed by atoms with Crippen molar-refractivity contribution in [3.8, 4) is 0 Å². The number of hydrogen-bond donors (Lipinski definition) is 0. The maximum Gasteiger partial charge on any atom is 0.307 e. The number of esters is 1. The van der Waals surface area contributed by atoms with Crippen LogP contribution in [0.4, 0.5) is 0 Å². The Morgan fingerprint density at radius 1 is 1.32 bits per heavy atom. The van der Waals surface area contributed by atoms with Crippen molar-refractivity contribution < 1.29 is 14.3 Å². The fourth-order valence-corrected chi connectivity index (χ4v) is 4.48. The Bertz CT molecular complexity index is 614. The van der Waals surface area contributed by atoms with Crippen LogP contribution in [0.5, 0.6) is 0 Å². The molecule has 1 aromatic carbocycles. The predicted molar refractivity (Wildman–Crippen MR) is 87.4 cm³/mol. The van der Waals surface area contributed by atoms with Gasteiger partial charge in [-0.3, -0.25) is 14.5 Å². The largest absolute Gasteiger partial charge is 0.466 e. The van der Waals surface area contributed by atoms with Crippen LogP contribution in [0.25, 0.3) is 4.91 Å². The Hall–Kier alpha value is -1.59. The highest BCUT2D eigenvalue weighted by atomic mass is 32.2. The third kappa shape index (κ3) is 2.71. The first-order valence-corrected chi connectivity index (χ1v) is 8.35. The predicted octanol–water partition coefficient (Wildman–Crippen LogP) is 2.35. The van der Waals surface area contributed by atoms with Crippen molar-refractivity contribution in [3.05, 3.63) is 42.0 Å². The average molecular weight is 317 g/mol. The van der Waals surface area contributed by atoms with E-state index in [0.29, 0.717) is 6.61 Å². The number of carbonyl (C=O) groups is 2. The van der Waals surface area contributed by atoms with Gasteiger partial charge in [0.05, 0.1) is 24.3 Å². The highest BCUT2D eigenvalue weighted by Gasteiger charge is 2.49. The topological polar surface area (TPSA) is 46.6 Å². The first kappa shape index (κ1) is 15.3. The van der Waals surface area contributed by atoms with Crippen LogP contribution in [0.15, 0.2) is 36.4 Å². The highest BCUT2D eigenvalue weighted by Crippen LogP contribution is 2.45. The zero-order chi connectivity index (χ0) is 15.7. The molecule has 0 bridgehead atoms. The van der Waals surface area contributed by atoms with Gasteiger partial charge in [0.15, 0.2) is 5.78 Å². The second kappa shape index (κ2) is 6.26. The number of hydrogen-bond acceptors (Lipinski definition) is 5. The van der Waals surface area contributed by atoms with Crippen LogP contribution in [0.2, 0.25) is 0 Å². The van der Waals surface area contributed by atoms with Gasteiger partial charge in [0.1, 0.15) is 0 Å². The molecule has 3 rings (SSSR count). The van der Waals surface area contributed by atoms with Crippen LogP contribution in [-0.4, -0.2) is 47.6 Å². The summed E-state index contributed by atoms with van der Waals surface area (Å²) < 4.78 is 4.97. The number of carbonyl (C=O) groups excluding carboxylic acids is 2. The lowest BCUT2D eigenvalue weighted by molar-refractivity contribution is -0.145. The van der Waals surface area contributed by atoms with Crippen molar-refractivity contribution in [2.24, 2.45) is 0 Å². The number of benzene rings is 1. The van der Waals surface area contributed by atoms with E-state index in [4.69, 9.17) is 4.74 Å². The van der Waals surface area contributed by atoms with Gasteiger partial charge in [-0.1, -0.05) is 36.4 Å². The number of rotatable bonds is 4. The number of nitrogens with zero attached hydrogens (tertiary/aromatic N) is 1. The van der Waals surface area contributed by atoms with E-state index >= 15 is 0 Å². The highest BCUT2D eigenvalue weighted by molar-refractivity contribution is 8.09. The van der Waals surface area contributed by atoms with Crippen molar-refractivity contribution in [2.45, 2.75) is 30.7 Å². The third-order valence-electron chi connectivity index (χ3n) is 4.18. The molecule has 1 saturated heterocycles. The lowest BCUT2D eigenvalue weighted by Gasteiger charge is -2.21. The molecule has 0 aromatic heterocycles. The van der Waals surface area contributed by atoms with Crippen molar-refractivity contribution in [1.82, 2.24) is 4.90 Å². The van der Waals surface area contributed by atoms with Crippen molar-refractivity contribution in [2.75, 3.05) is 13.7 Å². The molecule has 3 atom stereocenters. The Kier molecular flexibility index (Phi) is 4.36. The van der Waals surface area contributed by atoms with Crippen molar-refractivity contribution in [1.29, 1.82) is 0 Å². The van der Waals surface area contributed by atoms with Crippen molar-refractivity contribution in [3.63, 3.8) is 0 Å². The van der Waals surface area contributed by atoms with E-state index in [-0.39, 0.29) is 35.5 Å². The molecule has 0 spiro atoms. The number of fused-ring (bicyclic) bond motifs is 1. The Balaban J connectivity index is 1.76. The average Bonchev–Trinajstić information content (AvgIpc) is 3.05. The number of ether oxygens (including phenoxy) is 1. The van der Waals surface area contributed by atoms with Crippen LogP contribution in [0, 0.1) is 0 Å². The molecule has 116 valence electrons. The maximum atomic E-state index is 12.6. The summed E-state index contributed by atoms with van der Waals surface area (Å²) in [6.45, 7) is 2.13. The summed E-state index contributed by atoms with van der Waals surface area (Å²) in [5, 5.41) is -0.111. The summed E-state index contributed by atoms with van der Waals surface area (Å²) in [5.41, 5.74) is 1.14. The van der Waals surface area contributed by atoms with E-state index in [1.165, 1.54) is 0 Å². The van der Waals surface area contributed by atoms with E-state index in [2.05, 4.69) is 18.2 Å². The lowest BCUT2D eigenvalue weighted by Crippen LogP contribution is -2.35. The molecule has 3 unspecified atom stereocenters. The second-order valence-electron chi connectivity index (χ2n) is 5.52. The molecule has 1 fully saturated rings. The van der Waals surface area contributed by atoms with Gasteiger partial charge < -0.3 is 4.74 Å². The van der Waals surface area contributed by atoms with Gasteiger partial charge in [0, 0.05) is 10.9 Å². The van der Waals surface area contributed by atoms with Gasteiger partial charge in [-0.15, -0.1) is 11.8 Å². The SMILES string of the molecule is CCOC(=O)CC1C(=O)C2SC(c3ccccc3)=CC2N1C. The summed E-state index contributed by atoms with van der Waals surface area (Å²) in [6.07, 6.45) is 2.29. The maximum absolute atomic E-state index is 12.6. The molecule has 0 radical (unpaired) electrons. The minimum atomic E-state index is -0.366. The van der Waals surface area contributed by atoms with Gasteiger partial charge >= 0.3 is 5.97 Å². The van der Waals surface area contributed by atoms with Crippen LogP contribution in [0.1, 0.15) is 18.9 Å². The first-order chi connectivity index (χ1) is 10.6. The molecule has 0 aliphatic carbocycles. The molecule has 0 N–H and O–H groups in total. The summed E-state index contributed by atoms with van der Waals surface area (Å²) in [4.78, 5) is 27.4. The Morgan fingerprint density at radius 2 is 2.05 bits per heavy atom. The molecular formula is C17H19NO3S. The van der Waals surface area contributed by atoms with Crippen LogP contribution < -0.4 is 0 Å². The molecule has 22 heavy (non-hydrogen) atoms. The number of thioether (sulfide) groups is 1. The monoisotopic (exact) mass is 317 g/mol. The summed E-state index contributed by atoms with van der Waals surface area (Å²) >= 11 is 1.61. The van der Waals surface area contributed by atoms with E-state index in [1.54, 1.807) is 18.7 Å². The number of Topliss-reactive ketones (excluding diaryl/α,β-unsaturated/α-hetero) is 1. The Labute approximate surface area is 134 Å². The summed E-state index contributed by atoms with van der Waals surface area (Å²) in [7, 11) is 1.91. The minimum Gasteiger partial charge on any atom is -0.466 e. The lowest BCUT2D eigenvalue weighted by atomic mass is 10.1. The van der Waals surface area contributed by atoms with Gasteiger partial charge in [-0.05, 0) is 19.5 Å². The smallest absolute Gasteiger partial charge is 0.307 e. The van der Waals surface area contributed by atoms with E-state index in [9.17, 15) is 9.59 Å². The first-order valence-electron chi connectivity index (χ1n) is 7.47. The fourth-order valence-electron chi connectivity index (χ4n) is 3.03. The molecule has 0 amide bonds. The Morgan fingerprint density at radius 3 is 2.68 bits per heavy atom. The van der Waals surface area contributed by atoms with Gasteiger partial charge in [0.2, 0.25) is 0 Å². The van der Waals surface area contributed by atoms with Gasteiger partial charge in [-0.25, -0.2) is 0 Å². The van der Waals surface area contributed by atoms with Gasteiger partial charge in [-0.2, -0.15) is 0 Å². The van der Waals surface area contributed by atoms with Crippen molar-refractivity contribution >= 4 is 28.4 Å². The normalized spacial score (nSPS) is 27.6. The number of likely N-dealkylation sites (tertiary alicyclic amines) is 1. The molecule has 2 aliphatic rings. The van der Waals surface area contributed by atoms with E-state index < -0.39 is 0 Å². The van der Waals surface area contributed by atoms with Crippen LogP contribution in [0.3, 0.4) is 0 Å². The molecule has 1 aromatic rings. The number of likely N-dealkylation sites (N-methyl/N-ethyl adjacent to an activating group) is 1. The van der Waals surface area contributed by atoms with Gasteiger partial charge in [0.25, 0.3) is 0 Å². The second-order valence-corrected chi connectivity index (χ2v) is 6.70. The fraction of sp³-hybridized carbons (Fsp3) is 0.412.